The topological polar surface area (TPSA) is 49.9 Å². The summed E-state index contributed by atoms with van der Waals surface area (Å²) in [5.41, 5.74) is 2.08. The highest BCUT2D eigenvalue weighted by Gasteiger charge is 2.37. The molecule has 1 atom stereocenters. The summed E-state index contributed by atoms with van der Waals surface area (Å²) in [6.45, 7) is 1.84. The Morgan fingerprint density at radius 3 is 2.62 bits per heavy atom. The molecule has 1 aromatic carbocycles. The standard InChI is InChI=1S/C23H26N2O3S/c26-22(24-12-6-1-7-13-24)19-15-25(17-9-3-4-10-18(17)28-19)23(27)21-14-16-8-2-5-11-20(16)29-21/h3-4,9-10,14,19H,1-2,5-8,11-13,15H2/t19-/m1/s1. The van der Waals surface area contributed by atoms with Gasteiger partial charge in [0.05, 0.1) is 17.1 Å². The molecule has 5 rings (SSSR count). The largest absolute Gasteiger partial charge is 0.476 e. The minimum absolute atomic E-state index is 0.00229. The van der Waals surface area contributed by atoms with Crippen LogP contribution in [0.1, 0.15) is 52.2 Å². The van der Waals surface area contributed by atoms with Gasteiger partial charge in [0.2, 0.25) is 0 Å². The van der Waals surface area contributed by atoms with Gasteiger partial charge in [-0.15, -0.1) is 11.3 Å². The molecule has 29 heavy (non-hydrogen) atoms. The van der Waals surface area contributed by atoms with E-state index in [1.165, 1.54) is 29.7 Å². The third-order valence-electron chi connectivity index (χ3n) is 6.17. The Morgan fingerprint density at radius 2 is 1.79 bits per heavy atom. The summed E-state index contributed by atoms with van der Waals surface area (Å²) in [5.74, 6) is 0.600. The maximum atomic E-state index is 13.5. The first-order chi connectivity index (χ1) is 14.2. The lowest BCUT2D eigenvalue weighted by Crippen LogP contribution is -2.52. The molecule has 2 aromatic rings. The van der Waals surface area contributed by atoms with Crippen molar-refractivity contribution < 1.29 is 14.3 Å². The summed E-state index contributed by atoms with van der Waals surface area (Å²) >= 11 is 1.62. The number of anilines is 1. The lowest BCUT2D eigenvalue weighted by Gasteiger charge is -2.37. The van der Waals surface area contributed by atoms with E-state index in [-0.39, 0.29) is 18.4 Å². The highest BCUT2D eigenvalue weighted by molar-refractivity contribution is 7.14. The monoisotopic (exact) mass is 410 g/mol. The van der Waals surface area contributed by atoms with Crippen LogP contribution < -0.4 is 9.64 Å². The molecule has 6 heteroatoms. The molecule has 1 aliphatic carbocycles. The van der Waals surface area contributed by atoms with Gasteiger partial charge in [0.15, 0.2) is 6.10 Å². The van der Waals surface area contributed by atoms with Gasteiger partial charge in [0, 0.05) is 18.0 Å². The van der Waals surface area contributed by atoms with Crippen LogP contribution in [0.4, 0.5) is 5.69 Å². The molecular formula is C23H26N2O3S. The molecule has 3 heterocycles. The summed E-state index contributed by atoms with van der Waals surface area (Å²) < 4.78 is 6.06. The van der Waals surface area contributed by atoms with E-state index in [9.17, 15) is 9.59 Å². The van der Waals surface area contributed by atoms with Gasteiger partial charge in [0.25, 0.3) is 11.8 Å². The van der Waals surface area contributed by atoms with Crippen molar-refractivity contribution in [2.24, 2.45) is 0 Å². The number of nitrogens with zero attached hydrogens (tertiary/aromatic N) is 2. The highest BCUT2D eigenvalue weighted by atomic mass is 32.1. The number of para-hydroxylation sites is 2. The van der Waals surface area contributed by atoms with Crippen LogP contribution >= 0.6 is 11.3 Å². The zero-order valence-corrected chi connectivity index (χ0v) is 17.4. The second kappa shape index (κ2) is 7.82. The van der Waals surface area contributed by atoms with Crippen molar-refractivity contribution >= 4 is 28.8 Å². The van der Waals surface area contributed by atoms with E-state index in [0.29, 0.717) is 5.75 Å². The summed E-state index contributed by atoms with van der Waals surface area (Å²) in [4.78, 5) is 32.3. The van der Waals surface area contributed by atoms with E-state index in [1.807, 2.05) is 29.2 Å². The summed E-state index contributed by atoms with van der Waals surface area (Å²) in [6, 6.07) is 9.63. The number of aryl methyl sites for hydroxylation is 2. The second-order valence-electron chi connectivity index (χ2n) is 8.14. The third kappa shape index (κ3) is 3.54. The summed E-state index contributed by atoms with van der Waals surface area (Å²) in [7, 11) is 0. The maximum Gasteiger partial charge on any atom is 0.268 e. The van der Waals surface area contributed by atoms with Gasteiger partial charge in [-0.3, -0.25) is 14.5 Å². The molecule has 152 valence electrons. The molecule has 0 saturated carbocycles. The second-order valence-corrected chi connectivity index (χ2v) is 9.28. The number of fused-ring (bicyclic) bond motifs is 2. The Bertz CT molecular complexity index is 908. The lowest BCUT2D eigenvalue weighted by molar-refractivity contribution is -0.139. The molecule has 1 aromatic heterocycles. The maximum absolute atomic E-state index is 13.5. The van der Waals surface area contributed by atoms with E-state index in [2.05, 4.69) is 6.07 Å². The average molecular weight is 411 g/mol. The molecule has 1 saturated heterocycles. The molecule has 5 nitrogen and oxygen atoms in total. The molecular weight excluding hydrogens is 384 g/mol. The predicted molar refractivity (Wildman–Crippen MR) is 114 cm³/mol. The molecule has 0 N–H and O–H groups in total. The van der Waals surface area contributed by atoms with Gasteiger partial charge in [-0.2, -0.15) is 0 Å². The van der Waals surface area contributed by atoms with Crippen molar-refractivity contribution in [1.29, 1.82) is 0 Å². The SMILES string of the molecule is O=C([C@H]1CN(C(=O)c2cc3c(s2)CCCC3)c2ccccc2O1)N1CCCCC1. The summed E-state index contributed by atoms with van der Waals surface area (Å²) in [6.07, 6.45) is 7.15. The van der Waals surface area contributed by atoms with Crippen LogP contribution in [-0.4, -0.2) is 42.5 Å². The number of carbonyl (C=O) groups excluding carboxylic acids is 2. The van der Waals surface area contributed by atoms with Crippen molar-refractivity contribution in [2.45, 2.75) is 51.0 Å². The smallest absolute Gasteiger partial charge is 0.268 e. The lowest BCUT2D eigenvalue weighted by atomic mass is 9.99. The predicted octanol–water partition coefficient (Wildman–Crippen LogP) is 4.05. The van der Waals surface area contributed by atoms with E-state index < -0.39 is 6.10 Å². The van der Waals surface area contributed by atoms with Crippen LogP contribution in [0.3, 0.4) is 0 Å². The molecule has 1 fully saturated rings. The van der Waals surface area contributed by atoms with Crippen molar-refractivity contribution in [3.05, 3.63) is 45.6 Å². The first-order valence-electron chi connectivity index (χ1n) is 10.7. The van der Waals surface area contributed by atoms with E-state index >= 15 is 0 Å². The molecule has 3 aliphatic rings. The number of piperidine rings is 1. The molecule has 0 radical (unpaired) electrons. The summed E-state index contributed by atoms with van der Waals surface area (Å²) in [5, 5.41) is 0. The van der Waals surface area contributed by atoms with Crippen LogP contribution in [-0.2, 0) is 17.6 Å². The van der Waals surface area contributed by atoms with Gasteiger partial charge in [-0.1, -0.05) is 12.1 Å². The number of hydrogen-bond acceptors (Lipinski definition) is 4. The first kappa shape index (κ1) is 18.7. The van der Waals surface area contributed by atoms with E-state index in [1.54, 1.807) is 16.2 Å². The number of carbonyl (C=O) groups is 2. The fourth-order valence-electron chi connectivity index (χ4n) is 4.60. The quantitative estimate of drug-likeness (QED) is 0.751. The molecule has 0 unspecified atom stereocenters. The van der Waals surface area contributed by atoms with E-state index in [4.69, 9.17) is 4.74 Å². The first-order valence-corrected chi connectivity index (χ1v) is 11.5. The zero-order chi connectivity index (χ0) is 19.8. The number of rotatable bonds is 2. The number of thiophene rings is 1. The molecule has 2 amide bonds. The van der Waals surface area contributed by atoms with Gasteiger partial charge in [-0.05, 0) is 68.7 Å². The minimum Gasteiger partial charge on any atom is -0.476 e. The number of amides is 2. The Kier molecular flexibility index (Phi) is 5.04. The van der Waals surface area contributed by atoms with Crippen LogP contribution in [0.25, 0.3) is 0 Å². The average Bonchev–Trinajstić information content (AvgIpc) is 3.22. The van der Waals surface area contributed by atoms with Crippen LogP contribution in [0.15, 0.2) is 30.3 Å². The number of ether oxygens (including phenoxy) is 1. The van der Waals surface area contributed by atoms with E-state index in [0.717, 1.165) is 49.3 Å². The van der Waals surface area contributed by atoms with Crippen molar-refractivity contribution in [3.8, 4) is 5.75 Å². The molecule has 0 bridgehead atoms. The molecule has 0 spiro atoms. The minimum atomic E-state index is -0.637. The molecule has 2 aliphatic heterocycles. The Morgan fingerprint density at radius 1 is 1.00 bits per heavy atom. The third-order valence-corrected chi connectivity index (χ3v) is 7.39. The van der Waals surface area contributed by atoms with Gasteiger partial charge in [-0.25, -0.2) is 0 Å². The normalized spacial score (nSPS) is 21.2. The van der Waals surface area contributed by atoms with Crippen LogP contribution in [0.5, 0.6) is 5.75 Å². The van der Waals surface area contributed by atoms with Gasteiger partial charge in [0.1, 0.15) is 5.75 Å². The highest BCUT2D eigenvalue weighted by Crippen LogP contribution is 2.37. The van der Waals surface area contributed by atoms with Gasteiger partial charge < -0.3 is 9.64 Å². The fraction of sp³-hybridized carbons (Fsp3) is 0.478. The fourth-order valence-corrected chi connectivity index (χ4v) is 5.80. The van der Waals surface area contributed by atoms with Crippen molar-refractivity contribution in [3.63, 3.8) is 0 Å². The van der Waals surface area contributed by atoms with Crippen LogP contribution in [0, 0.1) is 0 Å². The Labute approximate surface area is 175 Å². The number of benzene rings is 1. The zero-order valence-electron chi connectivity index (χ0n) is 16.6. The van der Waals surface area contributed by atoms with Gasteiger partial charge >= 0.3 is 0 Å². The number of likely N-dealkylation sites (tertiary alicyclic amines) is 1. The Balaban J connectivity index is 1.43. The Hall–Kier alpha value is -2.34. The van der Waals surface area contributed by atoms with Crippen LogP contribution in [0.2, 0.25) is 0 Å². The number of hydrogen-bond donors (Lipinski definition) is 0. The van der Waals surface area contributed by atoms with Crippen molar-refractivity contribution in [2.75, 3.05) is 24.5 Å². The van der Waals surface area contributed by atoms with Crippen molar-refractivity contribution in [1.82, 2.24) is 4.90 Å².